The SMILES string of the molecule is O=C(Nc1ccccc1C(=O)NC1CC1)c1cnc(Cl)c(Cl)c1. The Kier molecular flexibility index (Phi) is 4.50. The van der Waals surface area contributed by atoms with E-state index in [4.69, 9.17) is 23.2 Å². The Balaban J connectivity index is 1.80. The van der Waals surface area contributed by atoms with E-state index in [-0.39, 0.29) is 27.7 Å². The molecule has 23 heavy (non-hydrogen) atoms. The minimum Gasteiger partial charge on any atom is -0.349 e. The van der Waals surface area contributed by atoms with E-state index in [1.807, 2.05) is 0 Å². The third-order valence-corrected chi connectivity index (χ3v) is 4.08. The van der Waals surface area contributed by atoms with Crippen LogP contribution < -0.4 is 10.6 Å². The molecule has 7 heteroatoms. The summed E-state index contributed by atoms with van der Waals surface area (Å²) in [5.41, 5.74) is 1.11. The van der Waals surface area contributed by atoms with E-state index in [9.17, 15) is 9.59 Å². The second-order valence-corrected chi connectivity index (χ2v) is 6.01. The molecule has 2 N–H and O–H groups in total. The summed E-state index contributed by atoms with van der Waals surface area (Å²) in [7, 11) is 0. The molecule has 1 aromatic carbocycles. The molecule has 1 aliphatic rings. The van der Waals surface area contributed by atoms with Crippen LogP contribution in [0.2, 0.25) is 10.2 Å². The summed E-state index contributed by atoms with van der Waals surface area (Å²) < 4.78 is 0. The first kappa shape index (κ1) is 15.8. The van der Waals surface area contributed by atoms with E-state index >= 15 is 0 Å². The number of hydrogen-bond donors (Lipinski definition) is 2. The standard InChI is InChI=1S/C16H13Cl2N3O2/c17-12-7-9(8-19-14(12)18)15(22)21-13-4-2-1-3-11(13)16(23)20-10-5-6-10/h1-4,7-8,10H,5-6H2,(H,20,23)(H,21,22). The van der Waals surface area contributed by atoms with Crippen molar-refractivity contribution < 1.29 is 9.59 Å². The van der Waals surface area contributed by atoms with Crippen LogP contribution in [0.15, 0.2) is 36.5 Å². The molecule has 1 saturated carbocycles. The second-order valence-electron chi connectivity index (χ2n) is 5.24. The molecular weight excluding hydrogens is 337 g/mol. The van der Waals surface area contributed by atoms with Crippen LogP contribution >= 0.6 is 23.2 Å². The Morgan fingerprint density at radius 3 is 2.57 bits per heavy atom. The highest BCUT2D eigenvalue weighted by Gasteiger charge is 2.25. The fourth-order valence-electron chi connectivity index (χ4n) is 2.02. The molecule has 0 radical (unpaired) electrons. The number of amides is 2. The quantitative estimate of drug-likeness (QED) is 0.829. The van der Waals surface area contributed by atoms with Crippen molar-refractivity contribution in [2.75, 3.05) is 5.32 Å². The number of nitrogens with one attached hydrogen (secondary N) is 2. The summed E-state index contributed by atoms with van der Waals surface area (Å²) in [6.07, 6.45) is 3.32. The maximum Gasteiger partial charge on any atom is 0.257 e. The molecule has 1 aromatic heterocycles. The third kappa shape index (κ3) is 3.81. The molecule has 0 aliphatic heterocycles. The van der Waals surface area contributed by atoms with Gasteiger partial charge in [-0.25, -0.2) is 4.98 Å². The van der Waals surface area contributed by atoms with Crippen molar-refractivity contribution in [1.29, 1.82) is 0 Å². The lowest BCUT2D eigenvalue weighted by atomic mass is 10.1. The van der Waals surface area contributed by atoms with Gasteiger partial charge in [0.25, 0.3) is 11.8 Å². The van der Waals surface area contributed by atoms with Gasteiger partial charge in [0, 0.05) is 12.2 Å². The number of para-hydroxylation sites is 1. The smallest absolute Gasteiger partial charge is 0.257 e. The Labute approximate surface area is 143 Å². The summed E-state index contributed by atoms with van der Waals surface area (Å²) in [6, 6.07) is 8.50. The molecule has 0 unspecified atom stereocenters. The average molecular weight is 350 g/mol. The zero-order valence-electron chi connectivity index (χ0n) is 12.0. The average Bonchev–Trinajstić information content (AvgIpc) is 3.34. The Bertz CT molecular complexity index is 776. The fraction of sp³-hybridized carbons (Fsp3) is 0.188. The van der Waals surface area contributed by atoms with E-state index in [2.05, 4.69) is 15.6 Å². The number of aromatic nitrogens is 1. The predicted octanol–water partition coefficient (Wildman–Crippen LogP) is 3.53. The molecule has 2 aromatic rings. The van der Waals surface area contributed by atoms with Crippen molar-refractivity contribution >= 4 is 40.7 Å². The van der Waals surface area contributed by atoms with Crippen molar-refractivity contribution in [3.63, 3.8) is 0 Å². The van der Waals surface area contributed by atoms with Crippen LogP contribution in [0.3, 0.4) is 0 Å². The number of benzene rings is 1. The number of hydrogen-bond acceptors (Lipinski definition) is 3. The van der Waals surface area contributed by atoms with Gasteiger partial charge in [-0.2, -0.15) is 0 Å². The molecule has 0 spiro atoms. The number of anilines is 1. The van der Waals surface area contributed by atoms with Crippen LogP contribution in [0.4, 0.5) is 5.69 Å². The zero-order valence-corrected chi connectivity index (χ0v) is 13.5. The Morgan fingerprint density at radius 2 is 1.87 bits per heavy atom. The highest BCUT2D eigenvalue weighted by atomic mass is 35.5. The first-order valence-electron chi connectivity index (χ1n) is 7.07. The highest BCUT2D eigenvalue weighted by Crippen LogP contribution is 2.23. The molecule has 2 amide bonds. The highest BCUT2D eigenvalue weighted by molar-refractivity contribution is 6.41. The number of carbonyl (C=O) groups excluding carboxylic acids is 2. The van der Waals surface area contributed by atoms with Gasteiger partial charge in [-0.3, -0.25) is 9.59 Å². The van der Waals surface area contributed by atoms with E-state index in [0.29, 0.717) is 11.3 Å². The fourth-order valence-corrected chi connectivity index (χ4v) is 2.29. The molecule has 0 saturated heterocycles. The second kappa shape index (κ2) is 6.56. The summed E-state index contributed by atoms with van der Waals surface area (Å²) in [5.74, 6) is -0.613. The number of rotatable bonds is 4. The molecule has 0 bridgehead atoms. The lowest BCUT2D eigenvalue weighted by molar-refractivity contribution is 0.0952. The summed E-state index contributed by atoms with van der Waals surface area (Å²) in [6.45, 7) is 0. The van der Waals surface area contributed by atoms with Gasteiger partial charge in [0.2, 0.25) is 0 Å². The lowest BCUT2D eigenvalue weighted by Crippen LogP contribution is -2.27. The van der Waals surface area contributed by atoms with Crippen molar-refractivity contribution in [1.82, 2.24) is 10.3 Å². The number of nitrogens with zero attached hydrogens (tertiary/aromatic N) is 1. The van der Waals surface area contributed by atoms with Crippen LogP contribution in [-0.4, -0.2) is 22.8 Å². The van der Waals surface area contributed by atoms with E-state index in [0.717, 1.165) is 12.8 Å². The first-order chi connectivity index (χ1) is 11.0. The van der Waals surface area contributed by atoms with Gasteiger partial charge in [-0.05, 0) is 31.0 Å². The topological polar surface area (TPSA) is 71.1 Å². The maximum atomic E-state index is 12.3. The molecule has 5 nitrogen and oxygen atoms in total. The van der Waals surface area contributed by atoms with Gasteiger partial charge < -0.3 is 10.6 Å². The predicted molar refractivity (Wildman–Crippen MR) is 89.1 cm³/mol. The van der Waals surface area contributed by atoms with Crippen LogP contribution in [0.25, 0.3) is 0 Å². The molecule has 3 rings (SSSR count). The number of carbonyl (C=O) groups is 2. The van der Waals surface area contributed by atoms with Crippen molar-refractivity contribution in [2.45, 2.75) is 18.9 Å². The Hall–Kier alpha value is -2.11. The Morgan fingerprint density at radius 1 is 1.13 bits per heavy atom. The largest absolute Gasteiger partial charge is 0.349 e. The van der Waals surface area contributed by atoms with Crippen LogP contribution in [-0.2, 0) is 0 Å². The number of pyridine rings is 1. The van der Waals surface area contributed by atoms with Gasteiger partial charge in [0.1, 0.15) is 5.15 Å². The van der Waals surface area contributed by atoms with Gasteiger partial charge in [0.15, 0.2) is 0 Å². The van der Waals surface area contributed by atoms with E-state index in [1.165, 1.54) is 12.3 Å². The maximum absolute atomic E-state index is 12.3. The van der Waals surface area contributed by atoms with E-state index in [1.54, 1.807) is 24.3 Å². The van der Waals surface area contributed by atoms with E-state index < -0.39 is 5.91 Å². The molecule has 118 valence electrons. The summed E-state index contributed by atoms with van der Waals surface area (Å²) in [5, 5.41) is 5.93. The molecule has 0 atom stereocenters. The van der Waals surface area contributed by atoms with Crippen LogP contribution in [0, 0.1) is 0 Å². The monoisotopic (exact) mass is 349 g/mol. The van der Waals surface area contributed by atoms with Gasteiger partial charge in [-0.1, -0.05) is 35.3 Å². The third-order valence-electron chi connectivity index (χ3n) is 3.39. The van der Waals surface area contributed by atoms with Crippen molar-refractivity contribution in [3.8, 4) is 0 Å². The first-order valence-corrected chi connectivity index (χ1v) is 7.82. The van der Waals surface area contributed by atoms with Gasteiger partial charge in [-0.15, -0.1) is 0 Å². The van der Waals surface area contributed by atoms with Crippen molar-refractivity contribution in [2.24, 2.45) is 0 Å². The lowest BCUT2D eigenvalue weighted by Gasteiger charge is -2.11. The summed E-state index contributed by atoms with van der Waals surface area (Å²) in [4.78, 5) is 28.4. The normalized spacial score (nSPS) is 13.5. The molecule has 1 heterocycles. The van der Waals surface area contributed by atoms with Crippen LogP contribution in [0.5, 0.6) is 0 Å². The molecule has 1 aliphatic carbocycles. The molecular formula is C16H13Cl2N3O2. The molecule has 1 fully saturated rings. The summed E-state index contributed by atoms with van der Waals surface area (Å²) >= 11 is 11.6. The zero-order chi connectivity index (χ0) is 16.4. The van der Waals surface area contributed by atoms with Crippen molar-refractivity contribution in [3.05, 3.63) is 57.8 Å². The van der Waals surface area contributed by atoms with Crippen LogP contribution in [0.1, 0.15) is 33.6 Å². The van der Waals surface area contributed by atoms with Gasteiger partial charge >= 0.3 is 0 Å². The van der Waals surface area contributed by atoms with Gasteiger partial charge in [0.05, 0.1) is 21.8 Å². The minimum absolute atomic E-state index is 0.132. The number of halogens is 2. The minimum atomic E-state index is -0.414.